The molecule has 0 fully saturated rings. The van der Waals surface area contributed by atoms with Crippen molar-refractivity contribution in [2.24, 2.45) is 0 Å². The van der Waals surface area contributed by atoms with Gasteiger partial charge in [0, 0.05) is 25.7 Å². The predicted molar refractivity (Wildman–Crippen MR) is 73.1 cm³/mol. The maximum atomic E-state index is 11.9. The number of anilines is 1. The summed E-state index contributed by atoms with van der Waals surface area (Å²) in [6.07, 6.45) is 0. The van der Waals surface area contributed by atoms with Crippen molar-refractivity contribution in [3.05, 3.63) is 30.3 Å². The molecule has 0 unspecified atom stereocenters. The fourth-order valence-corrected chi connectivity index (χ4v) is 1.73. The maximum Gasteiger partial charge on any atom is 0.346 e. The second-order valence-electron chi connectivity index (χ2n) is 4.24. The van der Waals surface area contributed by atoms with E-state index in [1.807, 2.05) is 24.3 Å². The van der Waals surface area contributed by atoms with Crippen LogP contribution < -0.4 is 10.5 Å². The van der Waals surface area contributed by atoms with E-state index in [4.69, 9.17) is 10.5 Å². The number of hydrogen-bond donors (Lipinski definition) is 1. The molecule has 0 saturated heterocycles. The first kappa shape index (κ1) is 12.9. The minimum absolute atomic E-state index is 0.291. The first-order valence-corrected chi connectivity index (χ1v) is 5.75. The van der Waals surface area contributed by atoms with Crippen LogP contribution in [-0.4, -0.2) is 41.9 Å². The van der Waals surface area contributed by atoms with Gasteiger partial charge < -0.3 is 15.4 Å². The van der Waals surface area contributed by atoms with Gasteiger partial charge >= 0.3 is 6.03 Å². The summed E-state index contributed by atoms with van der Waals surface area (Å²) < 4.78 is 6.44. The number of para-hydroxylation sites is 1. The molecule has 0 aliphatic heterocycles. The van der Waals surface area contributed by atoms with Crippen LogP contribution in [0.25, 0.3) is 11.3 Å². The lowest BCUT2D eigenvalue weighted by Crippen LogP contribution is -2.29. The standard InChI is InChI=1S/C13H16N4O2/c1-16(2)13(18)17-12(14)8-10(15-17)9-6-4-5-7-11(9)19-3/h4-8H,14H2,1-3H3. The number of benzene rings is 1. The molecule has 0 radical (unpaired) electrons. The van der Waals surface area contributed by atoms with Crippen molar-refractivity contribution < 1.29 is 9.53 Å². The van der Waals surface area contributed by atoms with Crippen LogP contribution in [0.1, 0.15) is 0 Å². The van der Waals surface area contributed by atoms with Crippen molar-refractivity contribution in [1.29, 1.82) is 0 Å². The molecule has 1 amide bonds. The van der Waals surface area contributed by atoms with Gasteiger partial charge in [0.1, 0.15) is 11.6 Å². The first-order chi connectivity index (χ1) is 9.04. The molecule has 2 N–H and O–H groups in total. The summed E-state index contributed by atoms with van der Waals surface area (Å²) in [5, 5.41) is 4.23. The number of rotatable bonds is 2. The van der Waals surface area contributed by atoms with Crippen molar-refractivity contribution in [1.82, 2.24) is 14.7 Å². The molecule has 1 aromatic carbocycles. The van der Waals surface area contributed by atoms with Crippen LogP contribution in [0.3, 0.4) is 0 Å². The highest BCUT2D eigenvalue weighted by molar-refractivity contribution is 5.81. The highest BCUT2D eigenvalue weighted by atomic mass is 16.5. The zero-order valence-corrected chi connectivity index (χ0v) is 11.1. The average molecular weight is 260 g/mol. The quantitative estimate of drug-likeness (QED) is 0.891. The molecule has 0 aliphatic carbocycles. The topological polar surface area (TPSA) is 73.4 Å². The number of nitrogen functional groups attached to an aromatic ring is 1. The van der Waals surface area contributed by atoms with E-state index in [2.05, 4.69) is 5.10 Å². The zero-order valence-electron chi connectivity index (χ0n) is 11.1. The summed E-state index contributed by atoms with van der Waals surface area (Å²) in [5.74, 6) is 0.976. The summed E-state index contributed by atoms with van der Waals surface area (Å²) in [6, 6.07) is 8.80. The van der Waals surface area contributed by atoms with Gasteiger partial charge in [-0.15, -0.1) is 0 Å². The Morgan fingerprint density at radius 3 is 2.68 bits per heavy atom. The summed E-state index contributed by atoms with van der Waals surface area (Å²) >= 11 is 0. The van der Waals surface area contributed by atoms with Crippen LogP contribution >= 0.6 is 0 Å². The number of aromatic nitrogens is 2. The molecule has 1 heterocycles. The number of methoxy groups -OCH3 is 1. The van der Waals surface area contributed by atoms with Crippen LogP contribution in [0.2, 0.25) is 0 Å². The third-order valence-corrected chi connectivity index (χ3v) is 2.68. The second kappa shape index (κ2) is 5.01. The van der Waals surface area contributed by atoms with E-state index >= 15 is 0 Å². The second-order valence-corrected chi connectivity index (χ2v) is 4.24. The van der Waals surface area contributed by atoms with E-state index in [1.165, 1.54) is 9.58 Å². The molecule has 0 spiro atoms. The molecule has 2 aromatic rings. The molecule has 0 bridgehead atoms. The van der Waals surface area contributed by atoms with Gasteiger partial charge in [-0.3, -0.25) is 0 Å². The molecule has 0 atom stereocenters. The molecule has 2 rings (SSSR count). The number of carbonyl (C=O) groups excluding carboxylic acids is 1. The third-order valence-electron chi connectivity index (χ3n) is 2.68. The van der Waals surface area contributed by atoms with E-state index in [9.17, 15) is 4.79 Å². The number of ether oxygens (including phenoxy) is 1. The molecule has 100 valence electrons. The largest absolute Gasteiger partial charge is 0.496 e. The average Bonchev–Trinajstić information content (AvgIpc) is 2.79. The normalized spacial score (nSPS) is 10.3. The molecule has 6 nitrogen and oxygen atoms in total. The Bertz CT molecular complexity index is 604. The lowest BCUT2D eigenvalue weighted by atomic mass is 10.1. The van der Waals surface area contributed by atoms with E-state index in [-0.39, 0.29) is 6.03 Å². The van der Waals surface area contributed by atoms with Crippen molar-refractivity contribution in [2.75, 3.05) is 26.9 Å². The summed E-state index contributed by atoms with van der Waals surface area (Å²) in [5.41, 5.74) is 7.22. The molecular weight excluding hydrogens is 244 g/mol. The zero-order chi connectivity index (χ0) is 14.0. The van der Waals surface area contributed by atoms with Crippen molar-refractivity contribution in [3.8, 4) is 17.0 Å². The van der Waals surface area contributed by atoms with E-state index in [0.717, 1.165) is 5.56 Å². The molecule has 0 saturated carbocycles. The Hall–Kier alpha value is -2.50. The molecule has 1 aromatic heterocycles. The van der Waals surface area contributed by atoms with Gasteiger partial charge in [-0.1, -0.05) is 12.1 Å². The van der Waals surface area contributed by atoms with Crippen LogP contribution in [0.15, 0.2) is 30.3 Å². The first-order valence-electron chi connectivity index (χ1n) is 5.75. The van der Waals surface area contributed by atoms with Crippen molar-refractivity contribution in [2.45, 2.75) is 0 Å². The minimum Gasteiger partial charge on any atom is -0.496 e. The number of carbonyl (C=O) groups is 1. The predicted octanol–water partition coefficient (Wildman–Crippen LogP) is 1.67. The molecule has 6 heteroatoms. The monoisotopic (exact) mass is 260 g/mol. The van der Waals surface area contributed by atoms with Crippen LogP contribution in [0.4, 0.5) is 10.6 Å². The highest BCUT2D eigenvalue weighted by Crippen LogP contribution is 2.29. The Kier molecular flexibility index (Phi) is 3.41. The van der Waals surface area contributed by atoms with Gasteiger partial charge in [0.25, 0.3) is 0 Å². The summed E-state index contributed by atoms with van der Waals surface area (Å²) in [4.78, 5) is 13.3. The van der Waals surface area contributed by atoms with Gasteiger partial charge in [0.15, 0.2) is 0 Å². The third kappa shape index (κ3) is 2.37. The van der Waals surface area contributed by atoms with Crippen molar-refractivity contribution in [3.63, 3.8) is 0 Å². The molecule has 0 aliphatic rings. The van der Waals surface area contributed by atoms with Gasteiger partial charge in [0.2, 0.25) is 0 Å². The van der Waals surface area contributed by atoms with E-state index < -0.39 is 0 Å². The van der Waals surface area contributed by atoms with Crippen molar-refractivity contribution >= 4 is 11.8 Å². The smallest absolute Gasteiger partial charge is 0.346 e. The van der Waals surface area contributed by atoms with Crippen LogP contribution in [-0.2, 0) is 0 Å². The highest BCUT2D eigenvalue weighted by Gasteiger charge is 2.16. The van der Waals surface area contributed by atoms with Gasteiger partial charge in [-0.05, 0) is 12.1 Å². The summed E-state index contributed by atoms with van der Waals surface area (Å²) in [6.45, 7) is 0. The Morgan fingerprint density at radius 2 is 2.05 bits per heavy atom. The number of amides is 1. The van der Waals surface area contributed by atoms with Gasteiger partial charge in [0.05, 0.1) is 12.8 Å². The fourth-order valence-electron chi connectivity index (χ4n) is 1.73. The SMILES string of the molecule is COc1ccccc1-c1cc(N)n(C(=O)N(C)C)n1. The Labute approximate surface area is 111 Å². The number of nitrogens with zero attached hydrogens (tertiary/aromatic N) is 3. The minimum atomic E-state index is -0.293. The van der Waals surface area contributed by atoms with Gasteiger partial charge in [-0.2, -0.15) is 9.78 Å². The van der Waals surface area contributed by atoms with Crippen LogP contribution in [0.5, 0.6) is 5.75 Å². The molecular formula is C13H16N4O2. The van der Waals surface area contributed by atoms with Gasteiger partial charge in [-0.25, -0.2) is 4.79 Å². The number of hydrogen-bond acceptors (Lipinski definition) is 4. The van der Waals surface area contributed by atoms with E-state index in [0.29, 0.717) is 17.3 Å². The lowest BCUT2D eigenvalue weighted by molar-refractivity contribution is 0.216. The summed E-state index contributed by atoms with van der Waals surface area (Å²) in [7, 11) is 4.88. The number of nitrogens with two attached hydrogens (primary N) is 1. The fraction of sp³-hybridized carbons (Fsp3) is 0.231. The maximum absolute atomic E-state index is 11.9. The lowest BCUT2D eigenvalue weighted by Gasteiger charge is -2.10. The Morgan fingerprint density at radius 1 is 1.37 bits per heavy atom. The van der Waals surface area contributed by atoms with E-state index in [1.54, 1.807) is 27.3 Å². The van der Waals surface area contributed by atoms with Crippen LogP contribution in [0, 0.1) is 0 Å². The Balaban J connectivity index is 2.48. The molecule has 19 heavy (non-hydrogen) atoms.